The predicted octanol–water partition coefficient (Wildman–Crippen LogP) is 0.814. The monoisotopic (exact) mass is 253 g/mol. The number of carbonyl (C=O) groups is 2. The zero-order valence-electron chi connectivity index (χ0n) is 10.8. The van der Waals surface area contributed by atoms with Gasteiger partial charge in [-0.1, -0.05) is 20.8 Å². The number of H-pyrrole nitrogens is 1. The summed E-state index contributed by atoms with van der Waals surface area (Å²) in [5.41, 5.74) is 0.680. The zero-order valence-corrected chi connectivity index (χ0v) is 10.8. The first kappa shape index (κ1) is 14.2. The van der Waals surface area contributed by atoms with Crippen molar-refractivity contribution in [1.29, 1.82) is 0 Å². The molecule has 0 aliphatic rings. The third-order valence-corrected chi connectivity index (χ3v) is 3.01. The second-order valence-electron chi connectivity index (χ2n) is 4.71. The zero-order chi connectivity index (χ0) is 13.7. The van der Waals surface area contributed by atoms with Crippen LogP contribution in [0.5, 0.6) is 0 Å². The minimum Gasteiger partial charge on any atom is -0.480 e. The van der Waals surface area contributed by atoms with E-state index in [9.17, 15) is 9.59 Å². The fourth-order valence-electron chi connectivity index (χ4n) is 1.42. The number of rotatable bonds is 6. The lowest BCUT2D eigenvalue weighted by Crippen LogP contribution is -2.45. The standard InChI is InChI=1S/C12H19N3O3/c1-7(2)8(3)11(16)15-10(12(17)18)4-9-5-13-6-14-9/h5-8,10H,4H2,1-3H3,(H,13,14)(H,15,16)(H,17,18). The first-order chi connectivity index (χ1) is 8.41. The Balaban J connectivity index is 2.64. The minimum atomic E-state index is -1.05. The number of carbonyl (C=O) groups excluding carboxylic acids is 1. The van der Waals surface area contributed by atoms with Crippen LogP contribution >= 0.6 is 0 Å². The number of aromatic nitrogens is 2. The van der Waals surface area contributed by atoms with E-state index >= 15 is 0 Å². The Morgan fingerprint density at radius 2 is 2.11 bits per heavy atom. The fourth-order valence-corrected chi connectivity index (χ4v) is 1.42. The van der Waals surface area contributed by atoms with E-state index in [-0.39, 0.29) is 24.2 Å². The molecule has 1 aromatic heterocycles. The number of nitrogens with one attached hydrogen (secondary N) is 2. The SMILES string of the molecule is CC(C)C(C)C(=O)NC(Cc1cnc[nH]1)C(=O)O. The lowest BCUT2D eigenvalue weighted by molar-refractivity contribution is -0.142. The molecular formula is C12H19N3O3. The van der Waals surface area contributed by atoms with Gasteiger partial charge in [-0.3, -0.25) is 4.79 Å². The van der Waals surface area contributed by atoms with Gasteiger partial charge in [-0.15, -0.1) is 0 Å². The predicted molar refractivity (Wildman–Crippen MR) is 65.9 cm³/mol. The smallest absolute Gasteiger partial charge is 0.326 e. The van der Waals surface area contributed by atoms with E-state index in [4.69, 9.17) is 5.11 Å². The van der Waals surface area contributed by atoms with Crippen LogP contribution in [-0.4, -0.2) is 33.0 Å². The maximum absolute atomic E-state index is 11.8. The molecule has 1 aromatic rings. The maximum Gasteiger partial charge on any atom is 0.326 e. The molecular weight excluding hydrogens is 234 g/mol. The number of nitrogens with zero attached hydrogens (tertiary/aromatic N) is 1. The molecule has 0 radical (unpaired) electrons. The number of amides is 1. The van der Waals surface area contributed by atoms with E-state index < -0.39 is 12.0 Å². The molecule has 1 rings (SSSR count). The Hall–Kier alpha value is -1.85. The molecule has 1 heterocycles. The summed E-state index contributed by atoms with van der Waals surface area (Å²) in [5, 5.41) is 11.6. The number of carboxylic acids is 1. The fraction of sp³-hybridized carbons (Fsp3) is 0.583. The van der Waals surface area contributed by atoms with Gasteiger partial charge < -0.3 is 15.4 Å². The van der Waals surface area contributed by atoms with E-state index in [1.54, 1.807) is 13.1 Å². The number of hydrogen-bond acceptors (Lipinski definition) is 3. The van der Waals surface area contributed by atoms with Crippen molar-refractivity contribution in [3.05, 3.63) is 18.2 Å². The van der Waals surface area contributed by atoms with Crippen LogP contribution in [0, 0.1) is 11.8 Å². The Labute approximate surface area is 106 Å². The van der Waals surface area contributed by atoms with Crippen LogP contribution in [0.25, 0.3) is 0 Å². The third-order valence-electron chi connectivity index (χ3n) is 3.01. The number of carboxylic acid groups (broad SMARTS) is 1. The van der Waals surface area contributed by atoms with E-state index in [0.29, 0.717) is 5.69 Å². The molecule has 6 nitrogen and oxygen atoms in total. The highest BCUT2D eigenvalue weighted by atomic mass is 16.4. The van der Waals surface area contributed by atoms with Crippen LogP contribution in [0.2, 0.25) is 0 Å². The van der Waals surface area contributed by atoms with Gasteiger partial charge in [0.25, 0.3) is 0 Å². The third kappa shape index (κ3) is 3.87. The average molecular weight is 253 g/mol. The summed E-state index contributed by atoms with van der Waals surface area (Å²) in [6, 6.07) is -0.931. The highest BCUT2D eigenvalue weighted by Crippen LogP contribution is 2.10. The number of imidazole rings is 1. The van der Waals surface area contributed by atoms with Crippen molar-refractivity contribution in [1.82, 2.24) is 15.3 Å². The Kier molecular flexibility index (Phi) is 4.88. The summed E-state index contributed by atoms with van der Waals surface area (Å²) in [5.74, 6) is -1.33. The van der Waals surface area contributed by atoms with Gasteiger partial charge in [0.05, 0.1) is 6.33 Å². The lowest BCUT2D eigenvalue weighted by atomic mass is 9.96. The molecule has 0 bridgehead atoms. The minimum absolute atomic E-state index is 0.173. The molecule has 2 atom stereocenters. The van der Waals surface area contributed by atoms with E-state index in [2.05, 4.69) is 15.3 Å². The summed E-state index contributed by atoms with van der Waals surface area (Å²) in [6.45, 7) is 5.64. The summed E-state index contributed by atoms with van der Waals surface area (Å²) >= 11 is 0. The van der Waals surface area contributed by atoms with Crippen LogP contribution in [0.15, 0.2) is 12.5 Å². The summed E-state index contributed by atoms with van der Waals surface area (Å²) in [4.78, 5) is 29.6. The molecule has 0 spiro atoms. The second kappa shape index (κ2) is 6.18. The average Bonchev–Trinajstić information content (AvgIpc) is 2.79. The highest BCUT2D eigenvalue weighted by molar-refractivity contribution is 5.85. The number of hydrogen-bond donors (Lipinski definition) is 3. The molecule has 18 heavy (non-hydrogen) atoms. The van der Waals surface area contributed by atoms with Gasteiger partial charge in [0, 0.05) is 24.2 Å². The quantitative estimate of drug-likeness (QED) is 0.699. The van der Waals surface area contributed by atoms with Crippen molar-refractivity contribution in [2.24, 2.45) is 11.8 Å². The van der Waals surface area contributed by atoms with Crippen LogP contribution < -0.4 is 5.32 Å². The van der Waals surface area contributed by atoms with Crippen molar-refractivity contribution in [3.8, 4) is 0 Å². The van der Waals surface area contributed by atoms with Gasteiger partial charge in [-0.2, -0.15) is 0 Å². The summed E-state index contributed by atoms with van der Waals surface area (Å²) in [6.07, 6.45) is 3.23. The van der Waals surface area contributed by atoms with Gasteiger partial charge in [0.15, 0.2) is 0 Å². The molecule has 0 aliphatic carbocycles. The molecule has 0 saturated carbocycles. The van der Waals surface area contributed by atoms with Crippen molar-refractivity contribution < 1.29 is 14.7 Å². The van der Waals surface area contributed by atoms with Crippen molar-refractivity contribution >= 4 is 11.9 Å². The van der Waals surface area contributed by atoms with Crippen molar-refractivity contribution in [3.63, 3.8) is 0 Å². The van der Waals surface area contributed by atoms with Crippen molar-refractivity contribution in [2.75, 3.05) is 0 Å². The first-order valence-corrected chi connectivity index (χ1v) is 5.92. The Bertz CT molecular complexity index is 401. The van der Waals surface area contributed by atoms with Crippen molar-refractivity contribution in [2.45, 2.75) is 33.2 Å². The normalized spacial score (nSPS) is 14.2. The van der Waals surface area contributed by atoms with E-state index in [1.165, 1.54) is 6.33 Å². The van der Waals surface area contributed by atoms with Gasteiger partial charge in [-0.25, -0.2) is 9.78 Å². The molecule has 0 fully saturated rings. The largest absolute Gasteiger partial charge is 0.480 e. The molecule has 100 valence electrons. The van der Waals surface area contributed by atoms with Crippen LogP contribution in [0.3, 0.4) is 0 Å². The topological polar surface area (TPSA) is 95.1 Å². The molecule has 0 saturated heterocycles. The molecule has 6 heteroatoms. The number of aromatic amines is 1. The molecule has 3 N–H and O–H groups in total. The summed E-state index contributed by atoms with van der Waals surface area (Å²) in [7, 11) is 0. The first-order valence-electron chi connectivity index (χ1n) is 5.92. The van der Waals surface area contributed by atoms with Crippen LogP contribution in [-0.2, 0) is 16.0 Å². The highest BCUT2D eigenvalue weighted by Gasteiger charge is 2.24. The molecule has 0 aliphatic heterocycles. The Morgan fingerprint density at radius 1 is 1.44 bits per heavy atom. The summed E-state index contributed by atoms with van der Waals surface area (Å²) < 4.78 is 0. The number of aliphatic carboxylic acids is 1. The van der Waals surface area contributed by atoms with Gasteiger partial charge in [0.1, 0.15) is 6.04 Å². The Morgan fingerprint density at radius 3 is 2.56 bits per heavy atom. The van der Waals surface area contributed by atoms with Gasteiger partial charge in [-0.05, 0) is 5.92 Å². The van der Waals surface area contributed by atoms with E-state index in [1.807, 2.05) is 13.8 Å². The maximum atomic E-state index is 11.8. The van der Waals surface area contributed by atoms with Gasteiger partial charge >= 0.3 is 5.97 Å². The molecule has 1 amide bonds. The van der Waals surface area contributed by atoms with Crippen LogP contribution in [0.1, 0.15) is 26.5 Å². The van der Waals surface area contributed by atoms with Gasteiger partial charge in [0.2, 0.25) is 5.91 Å². The van der Waals surface area contributed by atoms with E-state index in [0.717, 1.165) is 0 Å². The lowest BCUT2D eigenvalue weighted by Gasteiger charge is -2.19. The second-order valence-corrected chi connectivity index (χ2v) is 4.71. The van der Waals surface area contributed by atoms with Crippen LogP contribution in [0.4, 0.5) is 0 Å². The molecule has 0 aromatic carbocycles. The molecule has 2 unspecified atom stereocenters.